The molecular formula is C20H22Cl3NO. The van der Waals surface area contributed by atoms with E-state index in [0.29, 0.717) is 15.6 Å². The molecule has 0 aliphatic carbocycles. The number of carbonyl (C=O) groups is 1. The number of carbonyl (C=O) groups excluding carboxylic acids is 1. The van der Waals surface area contributed by atoms with E-state index >= 15 is 0 Å². The van der Waals surface area contributed by atoms with Crippen LogP contribution in [0.25, 0.3) is 6.08 Å². The predicted molar refractivity (Wildman–Crippen MR) is 110 cm³/mol. The lowest BCUT2D eigenvalue weighted by molar-refractivity contribution is 0.104. The molecule has 0 N–H and O–H groups in total. The highest BCUT2D eigenvalue weighted by molar-refractivity contribution is 6.34. The first-order valence-electron chi connectivity index (χ1n) is 7.86. The molecule has 2 rings (SSSR count). The van der Waals surface area contributed by atoms with Crippen molar-refractivity contribution in [2.75, 3.05) is 20.6 Å². The zero-order valence-corrected chi connectivity index (χ0v) is 16.7. The van der Waals surface area contributed by atoms with Crippen LogP contribution in [0.15, 0.2) is 48.5 Å². The highest BCUT2D eigenvalue weighted by Gasteiger charge is 2.03. The third-order valence-electron chi connectivity index (χ3n) is 3.62. The van der Waals surface area contributed by atoms with Gasteiger partial charge in [-0.2, -0.15) is 0 Å². The lowest BCUT2D eigenvalue weighted by Gasteiger charge is -2.09. The average molecular weight is 399 g/mol. The minimum absolute atomic E-state index is 0. The number of ketones is 1. The number of benzene rings is 2. The second-order valence-corrected chi connectivity index (χ2v) is 6.88. The smallest absolute Gasteiger partial charge is 0.185 e. The maximum absolute atomic E-state index is 12.2. The normalized spacial score (nSPS) is 10.9. The summed E-state index contributed by atoms with van der Waals surface area (Å²) in [6, 6.07) is 13.0. The van der Waals surface area contributed by atoms with Gasteiger partial charge in [0.15, 0.2) is 5.78 Å². The highest BCUT2D eigenvalue weighted by atomic mass is 35.5. The molecule has 2 nitrogen and oxygen atoms in total. The van der Waals surface area contributed by atoms with E-state index in [0.717, 1.165) is 24.9 Å². The Hall–Kier alpha value is -1.32. The number of aryl methyl sites for hydroxylation is 1. The van der Waals surface area contributed by atoms with Gasteiger partial charge in [-0.05, 0) is 68.9 Å². The summed E-state index contributed by atoms with van der Waals surface area (Å²) in [6.45, 7) is 1.06. The number of nitrogens with zero attached hydrogens (tertiary/aromatic N) is 1. The number of allylic oxidation sites excluding steroid dienone is 1. The van der Waals surface area contributed by atoms with Crippen molar-refractivity contribution in [1.82, 2.24) is 4.90 Å². The van der Waals surface area contributed by atoms with E-state index < -0.39 is 0 Å². The van der Waals surface area contributed by atoms with Crippen molar-refractivity contribution in [3.05, 3.63) is 75.3 Å². The molecule has 0 unspecified atom stereocenters. The molecule has 0 aromatic heterocycles. The van der Waals surface area contributed by atoms with Crippen LogP contribution in [0.4, 0.5) is 0 Å². The molecule has 0 bridgehead atoms. The van der Waals surface area contributed by atoms with Gasteiger partial charge in [-0.15, -0.1) is 12.4 Å². The Kier molecular flexibility index (Phi) is 9.23. The summed E-state index contributed by atoms with van der Waals surface area (Å²) in [6.07, 6.45) is 5.40. The Morgan fingerprint density at radius 1 is 1.04 bits per heavy atom. The Bertz CT molecular complexity index is 704. The standard InChI is InChI=1S/C20H21Cl2NO.ClH/c1-23(2)11-3-4-15-5-8-17(9-6-15)20(24)10-7-16-12-18(21)14-19(22)13-16;/h5-10,12-14H,3-4,11H2,1-2H3;1H. The quantitative estimate of drug-likeness (QED) is 0.433. The van der Waals surface area contributed by atoms with Gasteiger partial charge < -0.3 is 4.90 Å². The van der Waals surface area contributed by atoms with E-state index in [-0.39, 0.29) is 18.2 Å². The molecule has 0 fully saturated rings. The Labute approximate surface area is 165 Å². The molecule has 0 atom stereocenters. The molecule has 0 spiro atoms. The summed E-state index contributed by atoms with van der Waals surface area (Å²) in [5.74, 6) is -0.0362. The first kappa shape index (κ1) is 21.7. The maximum atomic E-state index is 12.2. The molecule has 2 aromatic rings. The molecule has 0 saturated heterocycles. The van der Waals surface area contributed by atoms with Crippen LogP contribution >= 0.6 is 35.6 Å². The lowest BCUT2D eigenvalue weighted by atomic mass is 10.0. The van der Waals surface area contributed by atoms with Gasteiger partial charge in [0, 0.05) is 15.6 Å². The second kappa shape index (κ2) is 10.6. The van der Waals surface area contributed by atoms with Gasteiger partial charge in [-0.1, -0.05) is 53.5 Å². The zero-order valence-electron chi connectivity index (χ0n) is 14.3. The van der Waals surface area contributed by atoms with E-state index in [9.17, 15) is 4.79 Å². The van der Waals surface area contributed by atoms with Crippen molar-refractivity contribution in [2.24, 2.45) is 0 Å². The molecule has 5 heteroatoms. The van der Waals surface area contributed by atoms with Crippen LogP contribution in [0.1, 0.15) is 27.9 Å². The van der Waals surface area contributed by atoms with Crippen LogP contribution in [-0.2, 0) is 6.42 Å². The first-order valence-corrected chi connectivity index (χ1v) is 8.62. The molecule has 0 amide bonds. The fourth-order valence-electron chi connectivity index (χ4n) is 2.37. The number of hydrogen-bond donors (Lipinski definition) is 0. The van der Waals surface area contributed by atoms with E-state index in [1.54, 1.807) is 30.4 Å². The molecule has 0 aliphatic heterocycles. The van der Waals surface area contributed by atoms with Gasteiger partial charge in [0.05, 0.1) is 0 Å². The van der Waals surface area contributed by atoms with E-state index in [1.165, 1.54) is 5.56 Å². The summed E-state index contributed by atoms with van der Waals surface area (Å²) >= 11 is 11.9. The van der Waals surface area contributed by atoms with Gasteiger partial charge in [0.25, 0.3) is 0 Å². The third-order valence-corrected chi connectivity index (χ3v) is 4.06. The largest absolute Gasteiger partial charge is 0.309 e. The molecule has 25 heavy (non-hydrogen) atoms. The Balaban J connectivity index is 0.00000312. The Morgan fingerprint density at radius 2 is 1.64 bits per heavy atom. The van der Waals surface area contributed by atoms with Gasteiger partial charge in [0.2, 0.25) is 0 Å². The SMILES string of the molecule is CN(C)CCCc1ccc(C(=O)C=Cc2cc(Cl)cc(Cl)c2)cc1.Cl. The molecule has 0 aliphatic rings. The topological polar surface area (TPSA) is 20.3 Å². The molecule has 0 saturated carbocycles. The van der Waals surface area contributed by atoms with Gasteiger partial charge in [-0.25, -0.2) is 0 Å². The monoisotopic (exact) mass is 397 g/mol. The number of halogens is 3. The van der Waals surface area contributed by atoms with Crippen molar-refractivity contribution in [3.8, 4) is 0 Å². The predicted octanol–water partition coefficient (Wildman–Crippen LogP) is 5.81. The minimum Gasteiger partial charge on any atom is -0.309 e. The molecular weight excluding hydrogens is 377 g/mol. The summed E-state index contributed by atoms with van der Waals surface area (Å²) < 4.78 is 0. The number of hydrogen-bond acceptors (Lipinski definition) is 2. The molecule has 2 aromatic carbocycles. The van der Waals surface area contributed by atoms with Crippen molar-refractivity contribution in [1.29, 1.82) is 0 Å². The summed E-state index contributed by atoms with van der Waals surface area (Å²) in [5, 5.41) is 1.10. The second-order valence-electron chi connectivity index (χ2n) is 6.00. The molecule has 0 heterocycles. The van der Waals surface area contributed by atoms with E-state index in [2.05, 4.69) is 19.0 Å². The van der Waals surface area contributed by atoms with Crippen LogP contribution in [0, 0.1) is 0 Å². The lowest BCUT2D eigenvalue weighted by Crippen LogP contribution is -2.13. The van der Waals surface area contributed by atoms with Crippen molar-refractivity contribution < 1.29 is 4.79 Å². The van der Waals surface area contributed by atoms with Crippen molar-refractivity contribution in [3.63, 3.8) is 0 Å². The Morgan fingerprint density at radius 3 is 2.20 bits per heavy atom. The summed E-state index contributed by atoms with van der Waals surface area (Å²) in [4.78, 5) is 14.4. The summed E-state index contributed by atoms with van der Waals surface area (Å²) in [7, 11) is 4.14. The van der Waals surface area contributed by atoms with Gasteiger partial charge in [0.1, 0.15) is 0 Å². The van der Waals surface area contributed by atoms with Crippen LogP contribution in [0.3, 0.4) is 0 Å². The maximum Gasteiger partial charge on any atom is 0.185 e. The van der Waals surface area contributed by atoms with Crippen LogP contribution in [-0.4, -0.2) is 31.3 Å². The zero-order chi connectivity index (χ0) is 17.5. The fourth-order valence-corrected chi connectivity index (χ4v) is 2.92. The highest BCUT2D eigenvalue weighted by Crippen LogP contribution is 2.20. The number of rotatable bonds is 7. The van der Waals surface area contributed by atoms with Crippen LogP contribution in [0.5, 0.6) is 0 Å². The first-order chi connectivity index (χ1) is 11.4. The van der Waals surface area contributed by atoms with Crippen molar-refractivity contribution >= 4 is 47.5 Å². The fraction of sp³-hybridized carbons (Fsp3) is 0.250. The minimum atomic E-state index is -0.0362. The summed E-state index contributed by atoms with van der Waals surface area (Å²) in [5.41, 5.74) is 2.73. The van der Waals surface area contributed by atoms with Gasteiger partial charge >= 0.3 is 0 Å². The molecule has 0 radical (unpaired) electrons. The average Bonchev–Trinajstić information content (AvgIpc) is 2.52. The van der Waals surface area contributed by atoms with E-state index in [1.807, 2.05) is 24.3 Å². The molecule has 134 valence electrons. The van der Waals surface area contributed by atoms with Gasteiger partial charge in [-0.3, -0.25) is 4.79 Å². The van der Waals surface area contributed by atoms with Crippen LogP contribution < -0.4 is 0 Å². The third kappa shape index (κ3) is 7.62. The van der Waals surface area contributed by atoms with E-state index in [4.69, 9.17) is 23.2 Å². The van der Waals surface area contributed by atoms with Crippen molar-refractivity contribution in [2.45, 2.75) is 12.8 Å². The van der Waals surface area contributed by atoms with Crippen LogP contribution in [0.2, 0.25) is 10.0 Å².